The lowest BCUT2D eigenvalue weighted by molar-refractivity contribution is 0.0931. The third-order valence-corrected chi connectivity index (χ3v) is 3.70. The first-order chi connectivity index (χ1) is 10.8. The van der Waals surface area contributed by atoms with Gasteiger partial charge in [0.05, 0.1) is 13.2 Å². The average molecular weight is 429 g/mol. The second-order valence-electron chi connectivity index (χ2n) is 5.84. The van der Waals surface area contributed by atoms with Gasteiger partial charge in [-0.1, -0.05) is 49.4 Å². The van der Waals surface area contributed by atoms with Crippen molar-refractivity contribution in [1.82, 2.24) is 10.6 Å². The number of benzene rings is 1. The number of nitrogens with zero attached hydrogens (tertiary/aromatic N) is 1. The molecule has 2 N–H and O–H groups in total. The zero-order valence-electron chi connectivity index (χ0n) is 14.0. The molecule has 1 aliphatic carbocycles. The number of hydrogen-bond donors (Lipinski definition) is 2. The SMILES string of the molecule is CN=C(NCC(C)COCc1ccccc1)NC1CC=CC1.I. The van der Waals surface area contributed by atoms with Crippen LogP contribution in [-0.2, 0) is 11.3 Å². The Hall–Kier alpha value is -1.08. The molecule has 0 aromatic heterocycles. The molecule has 1 aliphatic rings. The van der Waals surface area contributed by atoms with Crippen molar-refractivity contribution in [3.63, 3.8) is 0 Å². The van der Waals surface area contributed by atoms with Crippen LogP contribution in [-0.4, -0.2) is 32.2 Å². The van der Waals surface area contributed by atoms with Gasteiger partial charge in [0.25, 0.3) is 0 Å². The highest BCUT2D eigenvalue weighted by atomic mass is 127. The van der Waals surface area contributed by atoms with Crippen molar-refractivity contribution in [2.45, 2.75) is 32.4 Å². The summed E-state index contributed by atoms with van der Waals surface area (Å²) >= 11 is 0. The van der Waals surface area contributed by atoms with E-state index in [1.165, 1.54) is 5.56 Å². The Morgan fingerprint density at radius 3 is 2.61 bits per heavy atom. The molecular weight excluding hydrogens is 401 g/mol. The summed E-state index contributed by atoms with van der Waals surface area (Å²) in [6.07, 6.45) is 6.59. The third kappa shape index (κ3) is 7.83. The first-order valence-corrected chi connectivity index (χ1v) is 8.01. The largest absolute Gasteiger partial charge is 0.376 e. The van der Waals surface area contributed by atoms with Crippen LogP contribution in [0.25, 0.3) is 0 Å². The Balaban J connectivity index is 0.00000264. The van der Waals surface area contributed by atoms with Gasteiger partial charge in [-0.15, -0.1) is 24.0 Å². The van der Waals surface area contributed by atoms with Crippen molar-refractivity contribution >= 4 is 29.9 Å². The van der Waals surface area contributed by atoms with Crippen LogP contribution in [0, 0.1) is 5.92 Å². The number of rotatable bonds is 7. The first-order valence-electron chi connectivity index (χ1n) is 8.01. The third-order valence-electron chi connectivity index (χ3n) is 3.70. The number of hydrogen-bond acceptors (Lipinski definition) is 2. The van der Waals surface area contributed by atoms with Crippen molar-refractivity contribution in [2.24, 2.45) is 10.9 Å². The highest BCUT2D eigenvalue weighted by Gasteiger charge is 2.12. The van der Waals surface area contributed by atoms with Crippen molar-refractivity contribution < 1.29 is 4.74 Å². The smallest absolute Gasteiger partial charge is 0.191 e. The minimum atomic E-state index is 0. The molecule has 0 amide bonds. The maximum atomic E-state index is 5.77. The van der Waals surface area contributed by atoms with Gasteiger partial charge in [-0.2, -0.15) is 0 Å². The number of halogens is 1. The van der Waals surface area contributed by atoms with E-state index in [-0.39, 0.29) is 24.0 Å². The van der Waals surface area contributed by atoms with Gasteiger partial charge in [0.15, 0.2) is 5.96 Å². The molecule has 1 aromatic carbocycles. The van der Waals surface area contributed by atoms with Gasteiger partial charge in [0.2, 0.25) is 0 Å². The molecule has 2 rings (SSSR count). The van der Waals surface area contributed by atoms with Crippen LogP contribution in [0.5, 0.6) is 0 Å². The quantitative estimate of drug-likeness (QED) is 0.303. The summed E-state index contributed by atoms with van der Waals surface area (Å²) in [6, 6.07) is 10.8. The van der Waals surface area contributed by atoms with Gasteiger partial charge in [-0.05, 0) is 24.3 Å². The Bertz CT molecular complexity index is 482. The second kappa shape index (κ2) is 11.5. The van der Waals surface area contributed by atoms with E-state index in [0.717, 1.165) is 32.0 Å². The molecule has 0 bridgehead atoms. The molecule has 0 saturated heterocycles. The fraction of sp³-hybridized carbons (Fsp3) is 0.500. The van der Waals surface area contributed by atoms with Gasteiger partial charge in [0, 0.05) is 19.6 Å². The fourth-order valence-corrected chi connectivity index (χ4v) is 2.41. The Morgan fingerprint density at radius 2 is 1.96 bits per heavy atom. The van der Waals surface area contributed by atoms with Gasteiger partial charge >= 0.3 is 0 Å². The van der Waals surface area contributed by atoms with Crippen molar-refractivity contribution in [2.75, 3.05) is 20.2 Å². The lowest BCUT2D eigenvalue weighted by Crippen LogP contribution is -2.44. The molecule has 23 heavy (non-hydrogen) atoms. The fourth-order valence-electron chi connectivity index (χ4n) is 2.41. The van der Waals surface area contributed by atoms with Crippen LogP contribution in [0.3, 0.4) is 0 Å². The van der Waals surface area contributed by atoms with Gasteiger partial charge < -0.3 is 15.4 Å². The van der Waals surface area contributed by atoms with E-state index in [4.69, 9.17) is 4.74 Å². The molecule has 5 heteroatoms. The van der Waals surface area contributed by atoms with E-state index >= 15 is 0 Å². The summed E-state index contributed by atoms with van der Waals surface area (Å²) < 4.78 is 5.77. The summed E-state index contributed by atoms with van der Waals surface area (Å²) in [6.45, 7) is 4.45. The van der Waals surface area contributed by atoms with E-state index in [9.17, 15) is 0 Å². The molecule has 4 nitrogen and oxygen atoms in total. The maximum Gasteiger partial charge on any atom is 0.191 e. The molecule has 0 heterocycles. The Labute approximate surface area is 156 Å². The van der Waals surface area contributed by atoms with Gasteiger partial charge in [0.1, 0.15) is 0 Å². The number of aliphatic imine (C=N–C) groups is 1. The maximum absolute atomic E-state index is 5.77. The van der Waals surface area contributed by atoms with Crippen LogP contribution >= 0.6 is 24.0 Å². The molecule has 0 fully saturated rings. The van der Waals surface area contributed by atoms with E-state index in [2.05, 4.69) is 46.8 Å². The van der Waals surface area contributed by atoms with Crippen molar-refractivity contribution in [1.29, 1.82) is 0 Å². The predicted octanol–water partition coefficient (Wildman–Crippen LogP) is 3.34. The zero-order valence-corrected chi connectivity index (χ0v) is 16.3. The molecule has 128 valence electrons. The Kier molecular flexibility index (Phi) is 9.94. The van der Waals surface area contributed by atoms with Gasteiger partial charge in [-0.25, -0.2) is 0 Å². The Morgan fingerprint density at radius 1 is 1.26 bits per heavy atom. The van der Waals surface area contributed by atoms with Crippen LogP contribution < -0.4 is 10.6 Å². The number of guanidine groups is 1. The average Bonchev–Trinajstić information content (AvgIpc) is 3.05. The molecule has 0 saturated carbocycles. The molecule has 1 aromatic rings. The molecule has 0 aliphatic heterocycles. The monoisotopic (exact) mass is 429 g/mol. The normalized spacial score (nSPS) is 16.0. The highest BCUT2D eigenvalue weighted by molar-refractivity contribution is 14.0. The number of ether oxygens (including phenoxy) is 1. The van der Waals surface area contributed by atoms with Crippen LogP contribution in [0.2, 0.25) is 0 Å². The van der Waals surface area contributed by atoms with E-state index < -0.39 is 0 Å². The molecule has 0 radical (unpaired) electrons. The molecular formula is C18H28IN3O. The van der Waals surface area contributed by atoms with Crippen LogP contribution in [0.4, 0.5) is 0 Å². The molecule has 0 spiro atoms. The zero-order chi connectivity index (χ0) is 15.6. The minimum Gasteiger partial charge on any atom is -0.376 e. The summed E-state index contributed by atoms with van der Waals surface area (Å²) in [5.74, 6) is 1.31. The van der Waals surface area contributed by atoms with E-state index in [1.807, 2.05) is 25.2 Å². The highest BCUT2D eigenvalue weighted by Crippen LogP contribution is 2.08. The lowest BCUT2D eigenvalue weighted by Gasteiger charge is -2.19. The van der Waals surface area contributed by atoms with Crippen molar-refractivity contribution in [3.05, 3.63) is 48.0 Å². The predicted molar refractivity (Wildman–Crippen MR) is 107 cm³/mol. The summed E-state index contributed by atoms with van der Waals surface area (Å²) in [4.78, 5) is 4.28. The minimum absolute atomic E-state index is 0. The molecule has 1 atom stereocenters. The van der Waals surface area contributed by atoms with Gasteiger partial charge in [-0.3, -0.25) is 4.99 Å². The topological polar surface area (TPSA) is 45.7 Å². The van der Waals surface area contributed by atoms with Crippen LogP contribution in [0.15, 0.2) is 47.5 Å². The standard InChI is InChI=1S/C18H27N3O.HI/c1-15(13-22-14-16-8-4-3-5-9-16)12-20-18(19-2)21-17-10-6-7-11-17;/h3-9,15,17H,10-14H2,1-2H3,(H2,19,20,21);1H. The van der Waals surface area contributed by atoms with E-state index in [0.29, 0.717) is 18.6 Å². The summed E-state index contributed by atoms with van der Waals surface area (Å²) in [5.41, 5.74) is 1.22. The summed E-state index contributed by atoms with van der Waals surface area (Å²) in [5, 5.41) is 6.81. The van der Waals surface area contributed by atoms with Crippen molar-refractivity contribution in [3.8, 4) is 0 Å². The number of nitrogens with one attached hydrogen (secondary N) is 2. The van der Waals surface area contributed by atoms with E-state index in [1.54, 1.807) is 0 Å². The lowest BCUT2D eigenvalue weighted by atomic mass is 10.2. The molecule has 1 unspecified atom stereocenters. The first kappa shape index (κ1) is 20.0. The second-order valence-corrected chi connectivity index (χ2v) is 5.84. The summed E-state index contributed by atoms with van der Waals surface area (Å²) in [7, 11) is 1.81. The van der Waals surface area contributed by atoms with Crippen LogP contribution in [0.1, 0.15) is 25.3 Å².